The molecule has 110 valence electrons. The molecule has 1 amide bonds. The normalized spacial score (nSPS) is 12.0. The third-order valence-corrected chi connectivity index (χ3v) is 2.61. The molecule has 0 aliphatic heterocycles. The van der Waals surface area contributed by atoms with E-state index in [1.165, 1.54) is 7.11 Å². The highest BCUT2D eigenvalue weighted by Gasteiger charge is 2.24. The Labute approximate surface area is 113 Å². The zero-order valence-electron chi connectivity index (χ0n) is 11.0. The fraction of sp³-hybridized carbons (Fsp3) is 0.417. The van der Waals surface area contributed by atoms with Gasteiger partial charge in [-0.25, -0.2) is 8.78 Å². The molecule has 0 heterocycles. The van der Waals surface area contributed by atoms with Crippen LogP contribution >= 0.6 is 0 Å². The average molecular weight is 288 g/mol. The van der Waals surface area contributed by atoms with Crippen LogP contribution in [0.4, 0.5) is 14.5 Å². The molecule has 1 atom stereocenters. The molecule has 0 saturated carbocycles. The molecular weight excluding hydrogens is 274 g/mol. The molecule has 1 unspecified atom stereocenters. The lowest BCUT2D eigenvalue weighted by Gasteiger charge is -2.13. The molecule has 1 rings (SSSR count). The van der Waals surface area contributed by atoms with Crippen molar-refractivity contribution in [2.45, 2.75) is 19.4 Å². The maximum absolute atomic E-state index is 13.1. The molecule has 0 radical (unpaired) electrons. The second-order valence-corrected chi connectivity index (χ2v) is 4.20. The van der Waals surface area contributed by atoms with Crippen molar-refractivity contribution < 1.29 is 23.2 Å². The van der Waals surface area contributed by atoms with Gasteiger partial charge in [0, 0.05) is 19.8 Å². The van der Waals surface area contributed by atoms with Crippen LogP contribution in [0.5, 0.6) is 0 Å². The molecule has 0 aliphatic carbocycles. The lowest BCUT2D eigenvalue weighted by Crippen LogP contribution is -2.33. The van der Waals surface area contributed by atoms with E-state index in [2.05, 4.69) is 5.32 Å². The minimum Gasteiger partial charge on any atom is -0.385 e. The quantitative estimate of drug-likeness (QED) is 0.641. The first-order chi connectivity index (χ1) is 9.36. The number of rotatable bonds is 6. The highest BCUT2D eigenvalue weighted by atomic mass is 19.2. The monoisotopic (exact) mass is 288 g/mol. The number of ether oxygens (including phenoxy) is 1. The number of methoxy groups -OCH3 is 1. The molecule has 20 heavy (non-hydrogen) atoms. The Balaban J connectivity index is 2.97. The van der Waals surface area contributed by atoms with Crippen molar-refractivity contribution in [1.29, 1.82) is 0 Å². The Kier molecular flexibility index (Phi) is 5.51. The van der Waals surface area contributed by atoms with Crippen LogP contribution in [0.25, 0.3) is 0 Å². The number of hydrogen-bond donors (Lipinski definition) is 1. The van der Waals surface area contributed by atoms with E-state index in [1.54, 1.807) is 6.92 Å². The minimum atomic E-state index is -1.37. The summed E-state index contributed by atoms with van der Waals surface area (Å²) in [6.07, 6.45) is 0.486. The van der Waals surface area contributed by atoms with E-state index in [9.17, 15) is 23.7 Å². The van der Waals surface area contributed by atoms with E-state index in [-0.39, 0.29) is 6.04 Å². The summed E-state index contributed by atoms with van der Waals surface area (Å²) in [5.74, 6) is -3.52. The number of nitro benzene ring substituents is 1. The summed E-state index contributed by atoms with van der Waals surface area (Å²) in [5, 5.41) is 13.2. The predicted octanol–water partition coefficient (Wildman–Crippen LogP) is 2.03. The van der Waals surface area contributed by atoms with Crippen molar-refractivity contribution >= 4 is 11.6 Å². The molecule has 8 heteroatoms. The van der Waals surface area contributed by atoms with Crippen LogP contribution in [-0.4, -0.2) is 30.6 Å². The molecule has 0 aliphatic rings. The average Bonchev–Trinajstić information content (AvgIpc) is 2.38. The molecule has 0 aromatic heterocycles. The number of hydrogen-bond acceptors (Lipinski definition) is 4. The number of nitrogens with one attached hydrogen (secondary N) is 1. The number of nitro groups is 1. The van der Waals surface area contributed by atoms with Gasteiger partial charge in [0.2, 0.25) is 0 Å². The van der Waals surface area contributed by atoms with Gasteiger partial charge in [-0.1, -0.05) is 0 Å². The molecule has 0 saturated heterocycles. The van der Waals surface area contributed by atoms with Gasteiger partial charge in [-0.2, -0.15) is 0 Å². The lowest BCUT2D eigenvalue weighted by molar-refractivity contribution is -0.385. The number of benzene rings is 1. The van der Waals surface area contributed by atoms with Crippen LogP contribution < -0.4 is 5.32 Å². The molecule has 1 aromatic rings. The van der Waals surface area contributed by atoms with Gasteiger partial charge in [-0.15, -0.1) is 0 Å². The SMILES string of the molecule is COCCC(C)NC(=O)c1cc(F)c(F)cc1[N+](=O)[O-]. The fourth-order valence-corrected chi connectivity index (χ4v) is 1.54. The van der Waals surface area contributed by atoms with Gasteiger partial charge in [-0.3, -0.25) is 14.9 Å². The first-order valence-corrected chi connectivity index (χ1v) is 5.80. The number of carbonyl (C=O) groups is 1. The van der Waals surface area contributed by atoms with Crippen molar-refractivity contribution in [2.75, 3.05) is 13.7 Å². The molecule has 6 nitrogen and oxygen atoms in total. The highest BCUT2D eigenvalue weighted by Crippen LogP contribution is 2.22. The number of amides is 1. The van der Waals surface area contributed by atoms with Gasteiger partial charge in [0.05, 0.1) is 11.0 Å². The second kappa shape index (κ2) is 6.90. The smallest absolute Gasteiger partial charge is 0.285 e. The first kappa shape index (κ1) is 16.0. The summed E-state index contributed by atoms with van der Waals surface area (Å²) in [5.41, 5.74) is -1.29. The van der Waals surface area contributed by atoms with Crippen LogP contribution in [-0.2, 0) is 4.74 Å². The largest absolute Gasteiger partial charge is 0.385 e. The summed E-state index contributed by atoms with van der Waals surface area (Å²) >= 11 is 0. The van der Waals surface area contributed by atoms with Crippen LogP contribution in [0.3, 0.4) is 0 Å². The zero-order valence-corrected chi connectivity index (χ0v) is 11.0. The Bertz CT molecular complexity index is 522. The highest BCUT2D eigenvalue weighted by molar-refractivity contribution is 5.98. The molecular formula is C12H14F2N2O4. The summed E-state index contributed by atoms with van der Waals surface area (Å²) in [7, 11) is 1.49. The summed E-state index contributed by atoms with van der Waals surface area (Å²) in [6.45, 7) is 2.06. The topological polar surface area (TPSA) is 81.5 Å². The van der Waals surface area contributed by atoms with Gasteiger partial charge in [-0.05, 0) is 19.4 Å². The molecule has 0 spiro atoms. The molecule has 1 aromatic carbocycles. The van der Waals surface area contributed by atoms with Crippen LogP contribution in [0, 0.1) is 21.7 Å². The number of halogens is 2. The van der Waals surface area contributed by atoms with Crippen LogP contribution in [0.1, 0.15) is 23.7 Å². The number of nitrogens with zero attached hydrogens (tertiary/aromatic N) is 1. The molecule has 0 bridgehead atoms. The van der Waals surface area contributed by atoms with Gasteiger partial charge in [0.15, 0.2) is 11.6 Å². The second-order valence-electron chi connectivity index (χ2n) is 4.20. The van der Waals surface area contributed by atoms with E-state index in [0.29, 0.717) is 25.2 Å². The van der Waals surface area contributed by atoms with E-state index >= 15 is 0 Å². The van der Waals surface area contributed by atoms with E-state index in [4.69, 9.17) is 4.74 Å². The van der Waals surface area contributed by atoms with Crippen molar-refractivity contribution in [3.8, 4) is 0 Å². The first-order valence-electron chi connectivity index (χ1n) is 5.80. The maximum Gasteiger partial charge on any atom is 0.285 e. The third kappa shape index (κ3) is 3.95. The van der Waals surface area contributed by atoms with Crippen LogP contribution in [0.2, 0.25) is 0 Å². The Hall–Kier alpha value is -2.09. The minimum absolute atomic E-state index is 0.324. The third-order valence-electron chi connectivity index (χ3n) is 2.61. The van der Waals surface area contributed by atoms with Gasteiger partial charge in [0.25, 0.3) is 11.6 Å². The Morgan fingerprint density at radius 1 is 1.45 bits per heavy atom. The van der Waals surface area contributed by atoms with E-state index in [0.717, 1.165) is 0 Å². The predicted molar refractivity (Wildman–Crippen MR) is 66.4 cm³/mol. The maximum atomic E-state index is 13.1. The fourth-order valence-electron chi connectivity index (χ4n) is 1.54. The van der Waals surface area contributed by atoms with Gasteiger partial charge in [0.1, 0.15) is 5.56 Å². The van der Waals surface area contributed by atoms with Gasteiger partial charge >= 0.3 is 0 Å². The van der Waals surface area contributed by atoms with E-state index < -0.39 is 33.7 Å². The Morgan fingerprint density at radius 3 is 2.60 bits per heavy atom. The summed E-state index contributed by atoms with van der Waals surface area (Å²) < 4.78 is 30.9. The van der Waals surface area contributed by atoms with Crippen LogP contribution in [0.15, 0.2) is 12.1 Å². The van der Waals surface area contributed by atoms with Gasteiger partial charge < -0.3 is 10.1 Å². The Morgan fingerprint density at radius 2 is 2.05 bits per heavy atom. The zero-order chi connectivity index (χ0) is 15.3. The van der Waals surface area contributed by atoms with Crippen molar-refractivity contribution in [1.82, 2.24) is 5.32 Å². The summed E-state index contributed by atoms with van der Waals surface area (Å²) in [6, 6.07) is 0.589. The lowest BCUT2D eigenvalue weighted by atomic mass is 10.1. The van der Waals surface area contributed by atoms with Crippen molar-refractivity contribution in [3.05, 3.63) is 39.4 Å². The van der Waals surface area contributed by atoms with Crippen molar-refractivity contribution in [2.24, 2.45) is 0 Å². The number of carbonyl (C=O) groups excluding carboxylic acids is 1. The van der Waals surface area contributed by atoms with Crippen molar-refractivity contribution in [3.63, 3.8) is 0 Å². The summed E-state index contributed by atoms with van der Waals surface area (Å²) in [4.78, 5) is 21.7. The molecule has 1 N–H and O–H groups in total. The molecule has 0 fully saturated rings. The standard InChI is InChI=1S/C12H14F2N2O4/c1-7(3-4-20-2)15-12(17)8-5-9(13)10(14)6-11(8)16(18)19/h5-7H,3-4H2,1-2H3,(H,15,17). The van der Waals surface area contributed by atoms with E-state index in [1.807, 2.05) is 0 Å².